The molecule has 2 amide bonds. The average Bonchev–Trinajstić information content (AvgIpc) is 3.26. The lowest BCUT2D eigenvalue weighted by molar-refractivity contribution is -0.141. The quantitative estimate of drug-likeness (QED) is 0.289. The molecule has 1 aliphatic rings. The first kappa shape index (κ1) is 27.8. The molecule has 0 spiro atoms. The summed E-state index contributed by atoms with van der Waals surface area (Å²) in [5.74, 6) is -3.67. The summed E-state index contributed by atoms with van der Waals surface area (Å²) in [7, 11) is 0. The SMILES string of the molecule is O=C(NCc1ccccc1)C(c1ccc(Br)cc1)N(CC1CCC(F)(F)C1)C(=O)CCc1ccc(O)cc1. The zero-order valence-corrected chi connectivity index (χ0v) is 22.5. The van der Waals surface area contributed by atoms with Gasteiger partial charge in [0.2, 0.25) is 17.7 Å². The van der Waals surface area contributed by atoms with Gasteiger partial charge in [0.1, 0.15) is 11.8 Å². The molecule has 2 N–H and O–H groups in total. The number of aromatic hydroxyl groups is 1. The minimum Gasteiger partial charge on any atom is -0.508 e. The summed E-state index contributed by atoms with van der Waals surface area (Å²) in [6, 6.07) is 22.2. The number of hydrogen-bond donors (Lipinski definition) is 2. The first-order valence-corrected chi connectivity index (χ1v) is 13.5. The molecule has 3 aromatic carbocycles. The minimum absolute atomic E-state index is 0.0729. The second-order valence-corrected chi connectivity index (χ2v) is 10.8. The minimum atomic E-state index is -2.76. The van der Waals surface area contributed by atoms with Crippen molar-refractivity contribution in [3.05, 3.63) is 100 Å². The van der Waals surface area contributed by atoms with E-state index in [1.807, 2.05) is 30.3 Å². The van der Waals surface area contributed by atoms with Crippen LogP contribution in [0.2, 0.25) is 0 Å². The molecule has 1 fully saturated rings. The van der Waals surface area contributed by atoms with Crippen LogP contribution in [0, 0.1) is 5.92 Å². The van der Waals surface area contributed by atoms with E-state index in [0.29, 0.717) is 18.4 Å². The van der Waals surface area contributed by atoms with Gasteiger partial charge in [-0.05, 0) is 59.7 Å². The van der Waals surface area contributed by atoms with Crippen LogP contribution in [0.4, 0.5) is 8.78 Å². The lowest BCUT2D eigenvalue weighted by atomic mass is 9.99. The lowest BCUT2D eigenvalue weighted by Gasteiger charge is -2.33. The van der Waals surface area contributed by atoms with Crippen LogP contribution >= 0.6 is 15.9 Å². The number of halogens is 3. The number of carbonyl (C=O) groups excluding carboxylic acids is 2. The van der Waals surface area contributed by atoms with Crippen LogP contribution in [0.25, 0.3) is 0 Å². The highest BCUT2D eigenvalue weighted by atomic mass is 79.9. The molecule has 8 heteroatoms. The van der Waals surface area contributed by atoms with Gasteiger partial charge in [-0.2, -0.15) is 0 Å². The topological polar surface area (TPSA) is 69.6 Å². The fourth-order valence-electron chi connectivity index (χ4n) is 4.88. The largest absolute Gasteiger partial charge is 0.508 e. The fraction of sp³-hybridized carbons (Fsp3) is 0.333. The maximum Gasteiger partial charge on any atom is 0.248 e. The van der Waals surface area contributed by atoms with Crippen LogP contribution < -0.4 is 5.32 Å². The molecule has 38 heavy (non-hydrogen) atoms. The molecule has 1 saturated carbocycles. The highest BCUT2D eigenvalue weighted by Gasteiger charge is 2.42. The molecule has 2 unspecified atom stereocenters. The molecule has 0 saturated heterocycles. The van der Waals surface area contributed by atoms with Crippen molar-refractivity contribution in [2.75, 3.05) is 6.54 Å². The normalized spacial score (nSPS) is 17.1. The number of hydrogen-bond acceptors (Lipinski definition) is 3. The number of rotatable bonds is 10. The van der Waals surface area contributed by atoms with Crippen LogP contribution in [0.1, 0.15) is 48.4 Å². The molecular weight excluding hydrogens is 554 g/mol. The monoisotopic (exact) mass is 584 g/mol. The Morgan fingerprint density at radius 2 is 1.68 bits per heavy atom. The number of phenolic OH excluding ortho intramolecular Hbond substituents is 1. The Bertz CT molecular complexity index is 1220. The summed E-state index contributed by atoms with van der Waals surface area (Å²) in [6.07, 6.45) is 0.291. The first-order valence-electron chi connectivity index (χ1n) is 12.7. The molecule has 200 valence electrons. The van der Waals surface area contributed by atoms with Gasteiger partial charge < -0.3 is 15.3 Å². The summed E-state index contributed by atoms with van der Waals surface area (Å²) in [5.41, 5.74) is 2.38. The highest BCUT2D eigenvalue weighted by Crippen LogP contribution is 2.40. The molecule has 1 aliphatic carbocycles. The van der Waals surface area contributed by atoms with Gasteiger partial charge in [0.15, 0.2) is 0 Å². The second-order valence-electron chi connectivity index (χ2n) is 9.83. The van der Waals surface area contributed by atoms with E-state index < -0.39 is 17.9 Å². The van der Waals surface area contributed by atoms with Gasteiger partial charge in [0, 0.05) is 36.8 Å². The van der Waals surface area contributed by atoms with Crippen molar-refractivity contribution in [1.29, 1.82) is 0 Å². The van der Waals surface area contributed by atoms with Gasteiger partial charge in [0.25, 0.3) is 0 Å². The van der Waals surface area contributed by atoms with Gasteiger partial charge in [-0.1, -0.05) is 70.5 Å². The van der Waals surface area contributed by atoms with Crippen LogP contribution in [0.3, 0.4) is 0 Å². The number of amides is 2. The van der Waals surface area contributed by atoms with Gasteiger partial charge in [-0.25, -0.2) is 8.78 Å². The second kappa shape index (κ2) is 12.5. The number of aryl methyl sites for hydroxylation is 1. The zero-order valence-electron chi connectivity index (χ0n) is 21.0. The maximum atomic E-state index is 14.1. The first-order chi connectivity index (χ1) is 18.2. The van der Waals surface area contributed by atoms with E-state index in [4.69, 9.17) is 0 Å². The molecule has 0 heterocycles. The Labute approximate surface area is 230 Å². The number of benzene rings is 3. The molecule has 3 aromatic rings. The Kier molecular flexibility index (Phi) is 9.15. The van der Waals surface area contributed by atoms with Crippen molar-refractivity contribution < 1.29 is 23.5 Å². The van der Waals surface area contributed by atoms with Gasteiger partial charge in [0.05, 0.1) is 0 Å². The van der Waals surface area contributed by atoms with Crippen LogP contribution in [0.15, 0.2) is 83.3 Å². The summed E-state index contributed by atoms with van der Waals surface area (Å²) in [4.78, 5) is 28.8. The number of alkyl halides is 2. The average molecular weight is 585 g/mol. The van der Waals surface area contributed by atoms with E-state index in [1.165, 1.54) is 4.90 Å². The van der Waals surface area contributed by atoms with E-state index >= 15 is 0 Å². The smallest absolute Gasteiger partial charge is 0.248 e. The van der Waals surface area contributed by atoms with Crippen molar-refractivity contribution in [3.63, 3.8) is 0 Å². The summed E-state index contributed by atoms with van der Waals surface area (Å²) in [6.45, 7) is 0.354. The number of carbonyl (C=O) groups is 2. The molecule has 0 radical (unpaired) electrons. The summed E-state index contributed by atoms with van der Waals surface area (Å²) < 4.78 is 29.0. The Balaban J connectivity index is 1.60. The van der Waals surface area contributed by atoms with Crippen LogP contribution in [-0.2, 0) is 22.6 Å². The predicted octanol–water partition coefficient (Wildman–Crippen LogP) is 6.41. The van der Waals surface area contributed by atoms with E-state index in [0.717, 1.165) is 15.6 Å². The van der Waals surface area contributed by atoms with Crippen LogP contribution in [-0.4, -0.2) is 34.3 Å². The molecule has 4 rings (SSSR count). The van der Waals surface area contributed by atoms with Gasteiger partial charge in [-0.3, -0.25) is 9.59 Å². The summed E-state index contributed by atoms with van der Waals surface area (Å²) >= 11 is 3.42. The van der Waals surface area contributed by atoms with E-state index in [9.17, 15) is 23.5 Å². The number of nitrogens with one attached hydrogen (secondary N) is 1. The Hall–Kier alpha value is -3.26. The van der Waals surface area contributed by atoms with Gasteiger partial charge >= 0.3 is 0 Å². The third-order valence-electron chi connectivity index (χ3n) is 6.90. The fourth-order valence-corrected chi connectivity index (χ4v) is 5.15. The number of phenols is 1. The molecule has 0 bridgehead atoms. The van der Waals surface area contributed by atoms with Crippen molar-refractivity contribution in [1.82, 2.24) is 10.2 Å². The van der Waals surface area contributed by atoms with Crippen molar-refractivity contribution in [2.45, 2.75) is 50.6 Å². The summed E-state index contributed by atoms with van der Waals surface area (Å²) in [5, 5.41) is 12.5. The van der Waals surface area contributed by atoms with Crippen LogP contribution in [0.5, 0.6) is 5.75 Å². The third-order valence-corrected chi connectivity index (χ3v) is 7.43. The molecule has 0 aliphatic heterocycles. The standard InChI is InChI=1S/C30H31BrF2N2O3/c31-25-11-9-24(10-12-25)28(29(38)34-19-22-4-2-1-3-5-22)35(20-23-16-17-30(32,33)18-23)27(37)15-8-21-6-13-26(36)14-7-21/h1-7,9-14,23,28,36H,8,15-20H2,(H,34,38). The number of nitrogens with zero attached hydrogens (tertiary/aromatic N) is 1. The van der Waals surface area contributed by atoms with Crippen molar-refractivity contribution in [2.24, 2.45) is 5.92 Å². The Morgan fingerprint density at radius 3 is 2.32 bits per heavy atom. The van der Waals surface area contributed by atoms with E-state index in [2.05, 4.69) is 21.2 Å². The molecule has 5 nitrogen and oxygen atoms in total. The van der Waals surface area contributed by atoms with Crippen molar-refractivity contribution in [3.8, 4) is 5.75 Å². The zero-order chi connectivity index (χ0) is 27.1. The highest BCUT2D eigenvalue weighted by molar-refractivity contribution is 9.10. The molecule has 2 atom stereocenters. The van der Waals surface area contributed by atoms with E-state index in [1.54, 1.807) is 48.5 Å². The van der Waals surface area contributed by atoms with E-state index in [-0.39, 0.29) is 49.9 Å². The third kappa shape index (κ3) is 7.63. The molecule has 0 aromatic heterocycles. The Morgan fingerprint density at radius 1 is 1.00 bits per heavy atom. The molecular formula is C30H31BrF2N2O3. The maximum absolute atomic E-state index is 14.1. The van der Waals surface area contributed by atoms with Gasteiger partial charge in [-0.15, -0.1) is 0 Å². The predicted molar refractivity (Wildman–Crippen MR) is 146 cm³/mol. The lowest BCUT2D eigenvalue weighted by Crippen LogP contribution is -2.45. The van der Waals surface area contributed by atoms with Crippen molar-refractivity contribution >= 4 is 27.7 Å².